The van der Waals surface area contributed by atoms with Crippen molar-refractivity contribution in [3.05, 3.63) is 6.07 Å². The van der Waals surface area contributed by atoms with Crippen LogP contribution in [0.4, 0.5) is 25.2 Å². The van der Waals surface area contributed by atoms with Crippen LogP contribution in [0.2, 0.25) is 0 Å². The van der Waals surface area contributed by atoms with Crippen molar-refractivity contribution in [3.8, 4) is 0 Å². The van der Waals surface area contributed by atoms with Crippen molar-refractivity contribution in [2.75, 3.05) is 42.4 Å². The lowest BCUT2D eigenvalue weighted by Crippen LogP contribution is -2.47. The molecule has 2 fully saturated rings. The molecule has 10 heteroatoms. The molecule has 2 heterocycles. The van der Waals surface area contributed by atoms with Crippen molar-refractivity contribution in [3.63, 3.8) is 0 Å². The van der Waals surface area contributed by atoms with Crippen molar-refractivity contribution in [2.24, 2.45) is 0 Å². The molecule has 1 saturated heterocycles. The van der Waals surface area contributed by atoms with Crippen molar-refractivity contribution >= 4 is 29.5 Å². The van der Waals surface area contributed by atoms with Crippen LogP contribution in [-0.4, -0.2) is 66.2 Å². The molecule has 0 bridgehead atoms. The van der Waals surface area contributed by atoms with Gasteiger partial charge in [0, 0.05) is 38.0 Å². The van der Waals surface area contributed by atoms with Gasteiger partial charge >= 0.3 is 6.09 Å². The number of carbonyl (C=O) groups is 1. The van der Waals surface area contributed by atoms with Crippen LogP contribution < -0.4 is 9.80 Å². The van der Waals surface area contributed by atoms with Gasteiger partial charge in [-0.2, -0.15) is 0 Å². The largest absolute Gasteiger partial charge is 0.443 e. The minimum absolute atomic E-state index is 0.192. The second kappa shape index (κ2) is 11.4. The van der Waals surface area contributed by atoms with Crippen LogP contribution in [0.3, 0.4) is 0 Å². The van der Waals surface area contributed by atoms with Gasteiger partial charge in [0.2, 0.25) is 5.92 Å². The topological polar surface area (TPSA) is 67.8 Å². The lowest BCUT2D eigenvalue weighted by atomic mass is 9.91. The maximum atomic E-state index is 13.8. The molecule has 0 aromatic carbocycles. The smallest absolute Gasteiger partial charge is 0.416 e. The summed E-state index contributed by atoms with van der Waals surface area (Å²) >= 11 is 1.37. The number of thioether (sulfide) groups is 1. The Morgan fingerprint density at radius 1 is 1.22 bits per heavy atom. The molecule has 0 unspecified atom stereocenters. The number of morpholine rings is 1. The molecule has 7 nitrogen and oxygen atoms in total. The molecule has 1 amide bonds. The molecule has 0 atom stereocenters. The fraction of sp³-hybridized carbons (Fsp3) is 0.773. The van der Waals surface area contributed by atoms with Gasteiger partial charge in [-0.3, -0.25) is 4.90 Å². The highest BCUT2D eigenvalue weighted by molar-refractivity contribution is 7.98. The van der Waals surface area contributed by atoms with Gasteiger partial charge in [-0.15, -0.1) is 0 Å². The first-order valence-electron chi connectivity index (χ1n) is 11.2. The quantitative estimate of drug-likeness (QED) is 0.429. The maximum Gasteiger partial charge on any atom is 0.416 e. The van der Waals surface area contributed by atoms with Gasteiger partial charge < -0.3 is 14.4 Å². The summed E-state index contributed by atoms with van der Waals surface area (Å²) in [6, 6.07) is 1.35. The van der Waals surface area contributed by atoms with Crippen LogP contribution in [0.1, 0.15) is 60.3 Å². The number of rotatable bonds is 4. The van der Waals surface area contributed by atoms with Crippen LogP contribution >= 0.6 is 11.8 Å². The second-order valence-electron chi connectivity index (χ2n) is 8.61. The third kappa shape index (κ3) is 7.43. The van der Waals surface area contributed by atoms with Crippen LogP contribution in [0, 0.1) is 0 Å². The number of alkyl halides is 2. The van der Waals surface area contributed by atoms with E-state index in [0.29, 0.717) is 43.1 Å². The van der Waals surface area contributed by atoms with Crippen LogP contribution in [0.25, 0.3) is 0 Å². The standard InChI is InChI=1S/C20H30F2N4O3S.C2H6/c1-19(2,3)29-18(27)26(14-5-7-20(21,22)8-6-14)16-13-15(23-17(24-16)30-4)25-9-11-28-12-10-25;1-2/h13-14H,5-12H2,1-4H3;1-2H3. The summed E-state index contributed by atoms with van der Waals surface area (Å²) in [5, 5.41) is 0.517. The summed E-state index contributed by atoms with van der Waals surface area (Å²) in [6.07, 6.45) is 1.16. The van der Waals surface area contributed by atoms with E-state index in [4.69, 9.17) is 9.47 Å². The van der Waals surface area contributed by atoms with E-state index in [0.717, 1.165) is 0 Å². The minimum Gasteiger partial charge on any atom is -0.443 e. The van der Waals surface area contributed by atoms with Gasteiger partial charge in [-0.05, 0) is 39.9 Å². The lowest BCUT2D eigenvalue weighted by molar-refractivity contribution is -0.0388. The molecular weight excluding hydrogens is 438 g/mol. The average Bonchev–Trinajstić information content (AvgIpc) is 2.75. The predicted octanol–water partition coefficient (Wildman–Crippen LogP) is 5.38. The van der Waals surface area contributed by atoms with E-state index in [1.807, 2.05) is 20.1 Å². The Morgan fingerprint density at radius 2 is 1.81 bits per heavy atom. The number of halogens is 2. The van der Waals surface area contributed by atoms with E-state index in [1.165, 1.54) is 16.7 Å². The lowest BCUT2D eigenvalue weighted by Gasteiger charge is -2.37. The third-order valence-electron chi connectivity index (χ3n) is 5.09. The monoisotopic (exact) mass is 474 g/mol. The SMILES string of the molecule is CC.CSc1nc(N2CCOCC2)cc(N(C(=O)OC(C)(C)C)C2CCC(F)(F)CC2)n1. The van der Waals surface area contributed by atoms with Crippen molar-refractivity contribution in [1.82, 2.24) is 9.97 Å². The van der Waals surface area contributed by atoms with Gasteiger partial charge in [0.1, 0.15) is 17.2 Å². The van der Waals surface area contributed by atoms with Gasteiger partial charge in [0.05, 0.1) is 13.2 Å². The number of hydrogen-bond donors (Lipinski definition) is 0. The Labute approximate surface area is 194 Å². The summed E-state index contributed by atoms with van der Waals surface area (Å²) in [5.74, 6) is -1.60. The van der Waals surface area contributed by atoms with Gasteiger partial charge in [-0.1, -0.05) is 25.6 Å². The first-order valence-corrected chi connectivity index (χ1v) is 12.5. The number of hydrogen-bond acceptors (Lipinski definition) is 7. The maximum absolute atomic E-state index is 13.8. The van der Waals surface area contributed by atoms with E-state index in [1.54, 1.807) is 26.8 Å². The zero-order chi connectivity index (χ0) is 23.9. The molecular formula is C22H36F2N4O3S. The van der Waals surface area contributed by atoms with Gasteiger partial charge in [-0.25, -0.2) is 23.5 Å². The van der Waals surface area contributed by atoms with E-state index in [9.17, 15) is 13.6 Å². The molecule has 0 spiro atoms. The number of aromatic nitrogens is 2. The second-order valence-corrected chi connectivity index (χ2v) is 9.38. The van der Waals surface area contributed by atoms with E-state index >= 15 is 0 Å². The molecule has 1 saturated carbocycles. The highest BCUT2D eigenvalue weighted by Crippen LogP contribution is 2.37. The molecule has 182 valence electrons. The zero-order valence-electron chi connectivity index (χ0n) is 20.0. The van der Waals surface area contributed by atoms with E-state index in [2.05, 4.69) is 14.9 Å². The Kier molecular flexibility index (Phi) is 9.51. The molecule has 0 radical (unpaired) electrons. The Balaban J connectivity index is 0.00000176. The molecule has 1 aliphatic heterocycles. The first kappa shape index (κ1) is 26.6. The minimum atomic E-state index is -2.69. The predicted molar refractivity (Wildman–Crippen MR) is 124 cm³/mol. The zero-order valence-corrected chi connectivity index (χ0v) is 20.8. The number of amides is 1. The Hall–Kier alpha value is -1.68. The van der Waals surface area contributed by atoms with Crippen molar-refractivity contribution in [2.45, 2.75) is 83.0 Å². The fourth-order valence-electron chi connectivity index (χ4n) is 3.59. The van der Waals surface area contributed by atoms with E-state index in [-0.39, 0.29) is 25.7 Å². The summed E-state index contributed by atoms with van der Waals surface area (Å²) in [5.41, 5.74) is -0.712. The van der Waals surface area contributed by atoms with Crippen molar-refractivity contribution in [1.29, 1.82) is 0 Å². The molecule has 1 aromatic heterocycles. The number of ether oxygens (including phenoxy) is 2. The number of anilines is 2. The molecule has 32 heavy (non-hydrogen) atoms. The number of carbonyl (C=O) groups excluding carboxylic acids is 1. The Morgan fingerprint density at radius 3 is 2.34 bits per heavy atom. The molecule has 1 aromatic rings. The average molecular weight is 475 g/mol. The normalized spacial score (nSPS) is 19.1. The van der Waals surface area contributed by atoms with Crippen LogP contribution in [0.5, 0.6) is 0 Å². The Bertz CT molecular complexity index is 745. The number of nitrogens with zero attached hydrogens (tertiary/aromatic N) is 4. The first-order chi connectivity index (χ1) is 15.1. The summed E-state index contributed by atoms with van der Waals surface area (Å²) in [4.78, 5) is 25.8. The van der Waals surface area contributed by atoms with Gasteiger partial charge in [0.25, 0.3) is 0 Å². The van der Waals surface area contributed by atoms with Crippen LogP contribution in [-0.2, 0) is 9.47 Å². The fourth-order valence-corrected chi connectivity index (χ4v) is 3.96. The summed E-state index contributed by atoms with van der Waals surface area (Å²) in [6.45, 7) is 11.9. The molecule has 0 N–H and O–H groups in total. The third-order valence-corrected chi connectivity index (χ3v) is 5.63. The molecule has 2 aliphatic rings. The van der Waals surface area contributed by atoms with Crippen LogP contribution in [0.15, 0.2) is 11.2 Å². The van der Waals surface area contributed by atoms with Gasteiger partial charge in [0.15, 0.2) is 5.16 Å². The highest BCUT2D eigenvalue weighted by atomic mass is 32.2. The molecule has 3 rings (SSSR count). The summed E-state index contributed by atoms with van der Waals surface area (Å²) < 4.78 is 38.6. The van der Waals surface area contributed by atoms with Crippen molar-refractivity contribution < 1.29 is 23.0 Å². The van der Waals surface area contributed by atoms with E-state index < -0.39 is 23.7 Å². The highest BCUT2D eigenvalue weighted by Gasteiger charge is 2.40. The molecule has 1 aliphatic carbocycles. The summed E-state index contributed by atoms with van der Waals surface area (Å²) in [7, 11) is 0.